The molecule has 106 valence electrons. The number of benzene rings is 1. The molecule has 2 amide bonds. The first-order valence-electron chi connectivity index (χ1n) is 6.48. The van der Waals surface area contributed by atoms with Crippen LogP contribution in [-0.4, -0.2) is 23.6 Å². The van der Waals surface area contributed by atoms with E-state index in [0.717, 1.165) is 0 Å². The second kappa shape index (κ2) is 6.18. The third-order valence-electron chi connectivity index (χ3n) is 2.66. The summed E-state index contributed by atoms with van der Waals surface area (Å²) in [4.78, 5) is 23.1. The van der Waals surface area contributed by atoms with Crippen LogP contribution in [-0.2, 0) is 9.59 Å². The smallest absolute Gasteiger partial charge is 0.271 e. The van der Waals surface area contributed by atoms with Gasteiger partial charge in [0.05, 0.1) is 11.8 Å². The number of hydrogen-bond acceptors (Lipinski definition) is 4. The second-order valence-electron chi connectivity index (χ2n) is 4.71. The van der Waals surface area contributed by atoms with Crippen LogP contribution in [0.2, 0.25) is 0 Å². The molecule has 2 rings (SSSR count). The number of anilines is 1. The average Bonchev–Trinajstić information content (AvgIpc) is 2.41. The summed E-state index contributed by atoms with van der Waals surface area (Å²) in [5.41, 5.74) is 3.20. The van der Waals surface area contributed by atoms with Gasteiger partial charge < -0.3 is 10.1 Å². The van der Waals surface area contributed by atoms with Gasteiger partial charge >= 0.3 is 0 Å². The van der Waals surface area contributed by atoms with Crippen molar-refractivity contribution in [1.29, 1.82) is 0 Å². The van der Waals surface area contributed by atoms with Crippen molar-refractivity contribution >= 4 is 23.2 Å². The van der Waals surface area contributed by atoms with Crippen molar-refractivity contribution < 1.29 is 14.3 Å². The molecular formula is C14H17N3O3. The van der Waals surface area contributed by atoms with Crippen LogP contribution in [0.5, 0.6) is 5.75 Å². The van der Waals surface area contributed by atoms with Crippen LogP contribution in [0, 0.1) is 0 Å². The van der Waals surface area contributed by atoms with Gasteiger partial charge in [0.15, 0.2) is 0 Å². The Hall–Kier alpha value is -2.37. The Kier molecular flexibility index (Phi) is 4.34. The maximum absolute atomic E-state index is 12.1. The Morgan fingerprint density at radius 1 is 1.35 bits per heavy atom. The van der Waals surface area contributed by atoms with E-state index < -0.39 is 0 Å². The van der Waals surface area contributed by atoms with Gasteiger partial charge in [-0.3, -0.25) is 9.59 Å². The zero-order valence-corrected chi connectivity index (χ0v) is 11.5. The highest BCUT2D eigenvalue weighted by molar-refractivity contribution is 6.43. The Labute approximate surface area is 117 Å². The first-order valence-corrected chi connectivity index (χ1v) is 6.48. The van der Waals surface area contributed by atoms with E-state index in [4.69, 9.17) is 4.74 Å². The fourth-order valence-electron chi connectivity index (χ4n) is 1.76. The summed E-state index contributed by atoms with van der Waals surface area (Å²) in [5, 5.41) is 6.52. The summed E-state index contributed by atoms with van der Waals surface area (Å²) in [6.07, 6.45) is 0.626. The SMILES string of the molecule is CC(C)Oc1ccccc1NC(=O)C1=NNC(=O)CC1. The third kappa shape index (κ3) is 3.57. The van der Waals surface area contributed by atoms with Crippen molar-refractivity contribution in [2.75, 3.05) is 5.32 Å². The van der Waals surface area contributed by atoms with Gasteiger partial charge in [0.2, 0.25) is 5.91 Å². The molecule has 1 aliphatic heterocycles. The van der Waals surface area contributed by atoms with E-state index in [-0.39, 0.29) is 24.3 Å². The molecule has 0 spiro atoms. The van der Waals surface area contributed by atoms with Gasteiger partial charge in [-0.2, -0.15) is 5.10 Å². The summed E-state index contributed by atoms with van der Waals surface area (Å²) in [7, 11) is 0. The van der Waals surface area contributed by atoms with Crippen LogP contribution >= 0.6 is 0 Å². The molecule has 0 atom stereocenters. The van der Waals surface area contributed by atoms with Gasteiger partial charge in [0.25, 0.3) is 5.91 Å². The van der Waals surface area contributed by atoms with Crippen molar-refractivity contribution in [2.45, 2.75) is 32.8 Å². The lowest BCUT2D eigenvalue weighted by atomic mass is 10.1. The highest BCUT2D eigenvalue weighted by Gasteiger charge is 2.19. The Bertz CT molecular complexity index is 552. The van der Waals surface area contributed by atoms with E-state index in [2.05, 4.69) is 15.8 Å². The number of rotatable bonds is 4. The zero-order chi connectivity index (χ0) is 14.5. The number of hydrazone groups is 1. The summed E-state index contributed by atoms with van der Waals surface area (Å²) < 4.78 is 5.63. The van der Waals surface area contributed by atoms with Crippen LogP contribution in [0.3, 0.4) is 0 Å². The number of nitrogens with zero attached hydrogens (tertiary/aromatic N) is 1. The van der Waals surface area contributed by atoms with E-state index in [1.165, 1.54) is 0 Å². The molecule has 0 aliphatic carbocycles. The minimum absolute atomic E-state index is 0.0133. The molecule has 0 saturated heterocycles. The van der Waals surface area contributed by atoms with Gasteiger partial charge in [-0.25, -0.2) is 5.43 Å². The van der Waals surface area contributed by atoms with Gasteiger partial charge in [0.1, 0.15) is 11.5 Å². The standard InChI is InChI=1S/C14H17N3O3/c1-9(2)20-12-6-4-3-5-10(12)15-14(19)11-7-8-13(18)17-16-11/h3-6,9H,7-8H2,1-2H3,(H,15,19)(H,17,18). The molecule has 1 aromatic carbocycles. The predicted molar refractivity (Wildman–Crippen MR) is 75.6 cm³/mol. The Morgan fingerprint density at radius 2 is 2.10 bits per heavy atom. The quantitative estimate of drug-likeness (QED) is 0.877. The van der Waals surface area contributed by atoms with Crippen LogP contribution in [0.4, 0.5) is 5.69 Å². The number of carbonyl (C=O) groups is 2. The van der Waals surface area contributed by atoms with E-state index in [1.54, 1.807) is 12.1 Å². The molecule has 0 saturated carbocycles. The first kappa shape index (κ1) is 14.0. The highest BCUT2D eigenvalue weighted by Crippen LogP contribution is 2.25. The molecule has 0 radical (unpaired) electrons. The largest absolute Gasteiger partial charge is 0.489 e. The lowest BCUT2D eigenvalue weighted by Crippen LogP contribution is -2.32. The molecule has 2 N–H and O–H groups in total. The third-order valence-corrected chi connectivity index (χ3v) is 2.66. The molecule has 1 aromatic rings. The van der Waals surface area contributed by atoms with Crippen LogP contribution in [0.1, 0.15) is 26.7 Å². The summed E-state index contributed by atoms with van der Waals surface area (Å²) >= 11 is 0. The van der Waals surface area contributed by atoms with E-state index in [0.29, 0.717) is 23.6 Å². The van der Waals surface area contributed by atoms with Gasteiger partial charge in [-0.1, -0.05) is 12.1 Å². The first-order chi connectivity index (χ1) is 9.56. The van der Waals surface area contributed by atoms with E-state index >= 15 is 0 Å². The van der Waals surface area contributed by atoms with Crippen molar-refractivity contribution in [3.05, 3.63) is 24.3 Å². The molecule has 0 aromatic heterocycles. The number of nitrogens with one attached hydrogen (secondary N) is 2. The molecule has 0 bridgehead atoms. The minimum atomic E-state index is -0.329. The van der Waals surface area contributed by atoms with Crippen molar-refractivity contribution in [3.8, 4) is 5.75 Å². The van der Waals surface area contributed by atoms with Crippen LogP contribution in [0.25, 0.3) is 0 Å². The molecule has 1 aliphatic rings. The zero-order valence-electron chi connectivity index (χ0n) is 11.5. The summed E-state index contributed by atoms with van der Waals surface area (Å²) in [6.45, 7) is 3.83. The van der Waals surface area contributed by atoms with Crippen molar-refractivity contribution in [1.82, 2.24) is 5.43 Å². The monoisotopic (exact) mass is 275 g/mol. The fourth-order valence-corrected chi connectivity index (χ4v) is 1.76. The average molecular weight is 275 g/mol. The summed E-state index contributed by atoms with van der Waals surface area (Å²) in [6, 6.07) is 7.20. The summed E-state index contributed by atoms with van der Waals surface area (Å²) in [5.74, 6) is 0.103. The Balaban J connectivity index is 2.10. The molecule has 0 fully saturated rings. The van der Waals surface area contributed by atoms with Crippen LogP contribution in [0.15, 0.2) is 29.4 Å². The van der Waals surface area contributed by atoms with Crippen LogP contribution < -0.4 is 15.5 Å². The Morgan fingerprint density at radius 3 is 2.75 bits per heavy atom. The van der Waals surface area contributed by atoms with Gasteiger partial charge in [-0.15, -0.1) is 0 Å². The normalized spacial score (nSPS) is 14.6. The lowest BCUT2D eigenvalue weighted by Gasteiger charge is -2.16. The number of amides is 2. The molecule has 1 heterocycles. The maximum atomic E-state index is 12.1. The highest BCUT2D eigenvalue weighted by atomic mass is 16.5. The van der Waals surface area contributed by atoms with E-state index in [9.17, 15) is 9.59 Å². The number of hydrogen-bond donors (Lipinski definition) is 2. The van der Waals surface area contributed by atoms with Gasteiger partial charge in [0, 0.05) is 12.8 Å². The topological polar surface area (TPSA) is 79.8 Å². The van der Waals surface area contributed by atoms with Gasteiger partial charge in [-0.05, 0) is 26.0 Å². The molecule has 20 heavy (non-hydrogen) atoms. The molecule has 0 unspecified atom stereocenters. The molecule has 6 nitrogen and oxygen atoms in total. The fraction of sp³-hybridized carbons (Fsp3) is 0.357. The number of carbonyl (C=O) groups excluding carboxylic acids is 2. The number of ether oxygens (including phenoxy) is 1. The second-order valence-corrected chi connectivity index (χ2v) is 4.71. The minimum Gasteiger partial charge on any atom is -0.489 e. The molecule has 6 heteroatoms. The maximum Gasteiger partial charge on any atom is 0.271 e. The van der Waals surface area contributed by atoms with Crippen molar-refractivity contribution in [3.63, 3.8) is 0 Å². The number of para-hydroxylation sites is 2. The molecular weight excluding hydrogens is 258 g/mol. The van der Waals surface area contributed by atoms with Crippen molar-refractivity contribution in [2.24, 2.45) is 5.10 Å². The predicted octanol–water partition coefficient (Wildman–Crippen LogP) is 1.68. The lowest BCUT2D eigenvalue weighted by molar-refractivity contribution is -0.121. The van der Waals surface area contributed by atoms with E-state index in [1.807, 2.05) is 26.0 Å².